The van der Waals surface area contributed by atoms with Crippen LogP contribution >= 0.6 is 11.6 Å². The third-order valence-electron chi connectivity index (χ3n) is 6.88. The van der Waals surface area contributed by atoms with E-state index in [0.29, 0.717) is 24.5 Å². The summed E-state index contributed by atoms with van der Waals surface area (Å²) >= 11 is 6.20. The van der Waals surface area contributed by atoms with E-state index in [1.807, 2.05) is 0 Å². The smallest absolute Gasteiger partial charge is 0.414 e. The van der Waals surface area contributed by atoms with E-state index in [2.05, 4.69) is 10.5 Å². The molecular weight excluding hydrogens is 548 g/mol. The van der Waals surface area contributed by atoms with Gasteiger partial charge in [-0.3, -0.25) is 14.5 Å². The molecule has 10 nitrogen and oxygen atoms in total. The van der Waals surface area contributed by atoms with Gasteiger partial charge in [0.2, 0.25) is 5.91 Å². The Balaban J connectivity index is 1.26. The number of piperazine rings is 1. The van der Waals surface area contributed by atoms with Crippen molar-refractivity contribution in [3.63, 3.8) is 0 Å². The minimum atomic E-state index is -0.621. The maximum Gasteiger partial charge on any atom is 0.414 e. The molecule has 3 aromatic rings. The second-order valence-corrected chi connectivity index (χ2v) is 9.93. The van der Waals surface area contributed by atoms with E-state index >= 15 is 4.39 Å². The van der Waals surface area contributed by atoms with Crippen molar-refractivity contribution in [1.82, 2.24) is 15.4 Å². The van der Waals surface area contributed by atoms with E-state index in [4.69, 9.17) is 20.9 Å². The molecule has 1 N–H and O–H groups in total. The number of carbonyl (C=O) groups is 3. The lowest BCUT2D eigenvalue weighted by Gasteiger charge is -2.36. The number of carbonyl (C=O) groups excluding carboxylic acids is 3. The molecule has 2 aliphatic heterocycles. The molecule has 210 valence electrons. The molecule has 3 heterocycles. The number of hydrogen-bond acceptors (Lipinski definition) is 7. The molecule has 1 atom stereocenters. The number of halogens is 3. The minimum Gasteiger partial charge on any atom is -0.442 e. The van der Waals surface area contributed by atoms with Crippen molar-refractivity contribution in [2.75, 3.05) is 49.1 Å². The van der Waals surface area contributed by atoms with Crippen LogP contribution in [0.5, 0.6) is 0 Å². The lowest BCUT2D eigenvalue weighted by atomic mass is 10.0. The Morgan fingerprint density at radius 2 is 1.88 bits per heavy atom. The van der Waals surface area contributed by atoms with E-state index in [9.17, 15) is 18.8 Å². The first-order chi connectivity index (χ1) is 19.1. The Hall–Kier alpha value is -4.19. The molecule has 0 aliphatic carbocycles. The number of anilines is 2. The van der Waals surface area contributed by atoms with Crippen molar-refractivity contribution in [3.05, 3.63) is 64.4 Å². The Labute approximate surface area is 233 Å². The van der Waals surface area contributed by atoms with E-state index in [0.717, 1.165) is 0 Å². The number of aromatic nitrogens is 1. The average molecular weight is 574 g/mol. The summed E-state index contributed by atoms with van der Waals surface area (Å²) in [5, 5.41) is 6.61. The van der Waals surface area contributed by atoms with Gasteiger partial charge in [-0.05, 0) is 37.3 Å². The van der Waals surface area contributed by atoms with Crippen molar-refractivity contribution >= 4 is 40.9 Å². The molecule has 0 unspecified atom stereocenters. The number of nitrogens with one attached hydrogen (secondary N) is 1. The third kappa shape index (κ3) is 5.31. The first-order valence-corrected chi connectivity index (χ1v) is 13.0. The van der Waals surface area contributed by atoms with Gasteiger partial charge in [0.05, 0.1) is 35.1 Å². The molecule has 0 bridgehead atoms. The fourth-order valence-corrected chi connectivity index (χ4v) is 5.10. The molecular formula is C27H26ClF2N5O5. The zero-order valence-corrected chi connectivity index (χ0v) is 22.5. The third-order valence-corrected chi connectivity index (χ3v) is 7.19. The summed E-state index contributed by atoms with van der Waals surface area (Å²) in [4.78, 5) is 41.5. The fourth-order valence-electron chi connectivity index (χ4n) is 4.84. The minimum absolute atomic E-state index is 0.00603. The van der Waals surface area contributed by atoms with Gasteiger partial charge >= 0.3 is 6.09 Å². The van der Waals surface area contributed by atoms with Crippen LogP contribution in [0.15, 0.2) is 40.9 Å². The standard InChI is InChI=1S/C27H26ClF2N5O5/c1-15-23(25(32-40-15)24-19(28)4-3-5-20(24)29)26(37)34-10-8-33(9-11-34)22-7-6-17(12-21(22)30)35-14-18(39-27(35)38)13-31-16(2)36/h3-7,12,18H,8-11,13-14H2,1-2H3,(H,31,36)/t18-/m0/s1. The van der Waals surface area contributed by atoms with Gasteiger partial charge in [-0.15, -0.1) is 0 Å². The highest BCUT2D eigenvalue weighted by Gasteiger charge is 2.34. The summed E-state index contributed by atoms with van der Waals surface area (Å²) in [6, 6.07) is 8.67. The van der Waals surface area contributed by atoms with Gasteiger partial charge in [0.1, 0.15) is 34.8 Å². The number of rotatable bonds is 6. The van der Waals surface area contributed by atoms with Gasteiger partial charge in [-0.1, -0.05) is 22.8 Å². The predicted molar refractivity (Wildman–Crippen MR) is 142 cm³/mol. The van der Waals surface area contributed by atoms with E-state index in [1.165, 1.54) is 36.1 Å². The molecule has 0 spiro atoms. The van der Waals surface area contributed by atoms with Crippen LogP contribution < -0.4 is 15.1 Å². The van der Waals surface area contributed by atoms with Gasteiger partial charge in [-0.2, -0.15) is 0 Å². The maximum atomic E-state index is 15.2. The fraction of sp³-hybridized carbons (Fsp3) is 0.333. The average Bonchev–Trinajstić information content (AvgIpc) is 3.49. The zero-order valence-electron chi connectivity index (χ0n) is 21.7. The summed E-state index contributed by atoms with van der Waals surface area (Å²) in [5.41, 5.74) is 0.832. The van der Waals surface area contributed by atoms with Crippen molar-refractivity contribution < 1.29 is 32.4 Å². The quantitative estimate of drug-likeness (QED) is 0.475. The van der Waals surface area contributed by atoms with Crippen molar-refractivity contribution in [2.24, 2.45) is 0 Å². The number of aryl methyl sites for hydroxylation is 1. The second kappa shape index (κ2) is 11.1. The number of hydrogen-bond donors (Lipinski definition) is 1. The second-order valence-electron chi connectivity index (χ2n) is 9.53. The Morgan fingerprint density at radius 3 is 2.55 bits per heavy atom. The highest BCUT2D eigenvalue weighted by molar-refractivity contribution is 6.33. The molecule has 0 radical (unpaired) electrons. The molecule has 2 aliphatic rings. The van der Waals surface area contributed by atoms with Crippen LogP contribution in [0.4, 0.5) is 25.0 Å². The molecule has 40 heavy (non-hydrogen) atoms. The summed E-state index contributed by atoms with van der Waals surface area (Å²) in [6.45, 7) is 4.53. The van der Waals surface area contributed by atoms with Crippen molar-refractivity contribution in [3.8, 4) is 11.3 Å². The molecule has 3 amide bonds. The van der Waals surface area contributed by atoms with Crippen molar-refractivity contribution in [1.29, 1.82) is 0 Å². The normalized spacial score (nSPS) is 17.3. The summed E-state index contributed by atoms with van der Waals surface area (Å²) in [7, 11) is 0. The van der Waals surface area contributed by atoms with E-state index in [1.54, 1.807) is 28.9 Å². The predicted octanol–water partition coefficient (Wildman–Crippen LogP) is 4.01. The molecule has 2 saturated heterocycles. The molecule has 5 rings (SSSR count). The topological polar surface area (TPSA) is 108 Å². The van der Waals surface area contributed by atoms with Crippen LogP contribution in [0.25, 0.3) is 11.3 Å². The first-order valence-electron chi connectivity index (χ1n) is 12.6. The maximum absolute atomic E-state index is 15.2. The van der Waals surface area contributed by atoms with Crippen LogP contribution in [-0.4, -0.2) is 73.3 Å². The Bertz CT molecular complexity index is 1450. The van der Waals surface area contributed by atoms with Crippen molar-refractivity contribution in [2.45, 2.75) is 20.0 Å². The van der Waals surface area contributed by atoms with Gasteiger partial charge in [0, 0.05) is 33.1 Å². The largest absolute Gasteiger partial charge is 0.442 e. The summed E-state index contributed by atoms with van der Waals surface area (Å²) < 4.78 is 40.2. The summed E-state index contributed by atoms with van der Waals surface area (Å²) in [6.07, 6.45) is -1.15. The number of cyclic esters (lactones) is 1. The number of benzene rings is 2. The first kappa shape index (κ1) is 27.4. The van der Waals surface area contributed by atoms with E-state index in [-0.39, 0.29) is 65.6 Å². The van der Waals surface area contributed by atoms with Gasteiger partial charge in [0.15, 0.2) is 0 Å². The Kier molecular flexibility index (Phi) is 7.61. The van der Waals surface area contributed by atoms with Crippen LogP contribution in [0.3, 0.4) is 0 Å². The summed E-state index contributed by atoms with van der Waals surface area (Å²) in [5.74, 6) is -1.53. The molecule has 1 aromatic heterocycles. The Morgan fingerprint density at radius 1 is 1.12 bits per heavy atom. The number of ether oxygens (including phenoxy) is 1. The van der Waals surface area contributed by atoms with Crippen LogP contribution in [0.1, 0.15) is 23.0 Å². The van der Waals surface area contributed by atoms with Crippen LogP contribution in [0, 0.1) is 18.6 Å². The van der Waals surface area contributed by atoms with E-state index < -0.39 is 23.8 Å². The highest BCUT2D eigenvalue weighted by atomic mass is 35.5. The van der Waals surface area contributed by atoms with Crippen LogP contribution in [0.2, 0.25) is 5.02 Å². The SMILES string of the molecule is CC(=O)NC[C@H]1CN(c2ccc(N3CCN(C(=O)c4c(-c5c(F)cccc5Cl)noc4C)CC3)c(F)c2)C(=O)O1. The molecule has 2 fully saturated rings. The molecule has 2 aromatic carbocycles. The lowest BCUT2D eigenvalue weighted by Crippen LogP contribution is -2.49. The van der Waals surface area contributed by atoms with Gasteiger partial charge in [0.25, 0.3) is 5.91 Å². The van der Waals surface area contributed by atoms with Crippen LogP contribution in [-0.2, 0) is 9.53 Å². The highest BCUT2D eigenvalue weighted by Crippen LogP contribution is 2.34. The molecule has 13 heteroatoms. The zero-order chi connectivity index (χ0) is 28.6. The van der Waals surface area contributed by atoms with Gasteiger partial charge in [-0.25, -0.2) is 13.6 Å². The monoisotopic (exact) mass is 573 g/mol. The lowest BCUT2D eigenvalue weighted by molar-refractivity contribution is -0.119. The van der Waals surface area contributed by atoms with Gasteiger partial charge < -0.3 is 24.4 Å². The molecule has 0 saturated carbocycles. The number of amides is 3. The number of nitrogens with zero attached hydrogens (tertiary/aromatic N) is 4.